The van der Waals surface area contributed by atoms with Crippen molar-refractivity contribution in [1.29, 1.82) is 0 Å². The molecule has 0 spiro atoms. The van der Waals surface area contributed by atoms with Crippen molar-refractivity contribution in [2.24, 2.45) is 0 Å². The number of rotatable bonds is 22. The van der Waals surface area contributed by atoms with Crippen molar-refractivity contribution in [2.45, 2.75) is 87.5 Å². The van der Waals surface area contributed by atoms with Crippen LogP contribution in [0.5, 0.6) is 0 Å². The van der Waals surface area contributed by atoms with Gasteiger partial charge in [0.2, 0.25) is 5.69 Å². The molecule has 5 rings (SSSR count). The lowest BCUT2D eigenvalue weighted by atomic mass is 9.77. The Bertz CT molecular complexity index is 2960. The molecule has 1 amide bonds. The molecule has 1 saturated heterocycles. The Morgan fingerprint density at radius 3 is 2.00 bits per heavy atom. The maximum absolute atomic E-state index is 14.0. The summed E-state index contributed by atoms with van der Waals surface area (Å²) in [6.07, 6.45) is 5.22. The van der Waals surface area contributed by atoms with E-state index in [1.54, 1.807) is 48.5 Å². The molecule has 3 aliphatic rings. The highest BCUT2D eigenvalue weighted by Gasteiger charge is 2.49. The third-order valence-electron chi connectivity index (χ3n) is 12.1. The number of benzene rings is 2. The summed E-state index contributed by atoms with van der Waals surface area (Å²) in [6, 6.07) is 6.36. The molecule has 0 bridgehead atoms. The number of nitrogens with one attached hydrogen (secondary N) is 2. The average Bonchev–Trinajstić information content (AvgIpc) is 3.56. The summed E-state index contributed by atoms with van der Waals surface area (Å²) in [5.41, 5.74) is -0.519. The summed E-state index contributed by atoms with van der Waals surface area (Å²) in [5, 5.41) is 6.19. The minimum absolute atomic E-state index is 0.0317. The highest BCUT2D eigenvalue weighted by molar-refractivity contribution is 7.86. The van der Waals surface area contributed by atoms with E-state index in [9.17, 15) is 74.4 Å². The summed E-state index contributed by atoms with van der Waals surface area (Å²) in [4.78, 5) is 29.1. The van der Waals surface area contributed by atoms with Crippen molar-refractivity contribution in [2.75, 3.05) is 60.7 Å². The second-order valence-electron chi connectivity index (χ2n) is 17.6. The number of fused-ring (bicyclic) bond motifs is 2. The van der Waals surface area contributed by atoms with E-state index in [1.807, 2.05) is 0 Å². The smallest absolute Gasteiger partial charge is 0.338 e. The highest BCUT2D eigenvalue weighted by atomic mass is 32.2. The number of amides is 1. The van der Waals surface area contributed by atoms with Crippen molar-refractivity contribution in [1.82, 2.24) is 10.6 Å². The van der Waals surface area contributed by atoms with Crippen LogP contribution in [-0.4, -0.2) is 149 Å². The van der Waals surface area contributed by atoms with E-state index >= 15 is 0 Å². The molecule has 1 atom stereocenters. The molecule has 3 aliphatic heterocycles. The normalized spacial score (nSPS) is 19.7. The highest BCUT2D eigenvalue weighted by Crippen LogP contribution is 2.51. The molecule has 0 aromatic heterocycles. The molecule has 0 radical (unpaired) electrons. The van der Waals surface area contributed by atoms with Gasteiger partial charge in [0.05, 0.1) is 51.1 Å². The Labute approximate surface area is 396 Å². The van der Waals surface area contributed by atoms with Crippen molar-refractivity contribution < 1.29 is 83.8 Å². The fraction of sp³-hybridized carbons (Fsp3) is 0.537. The lowest BCUT2D eigenvalue weighted by molar-refractivity contribution is -0.437. The second kappa shape index (κ2) is 21.1. The van der Waals surface area contributed by atoms with Crippen LogP contribution in [0.25, 0.3) is 0 Å². The van der Waals surface area contributed by atoms with Crippen molar-refractivity contribution in [3.05, 3.63) is 76.5 Å². The van der Waals surface area contributed by atoms with Gasteiger partial charge in [-0.2, -0.15) is 46.7 Å². The molecule has 0 aliphatic carbocycles. The second-order valence-corrected chi connectivity index (χ2v) is 25.3. The zero-order valence-electron chi connectivity index (χ0n) is 37.5. The number of esters is 1. The fourth-order valence-corrected chi connectivity index (χ4v) is 11.5. The number of nitrogens with zero attached hydrogens (tertiary/aromatic N) is 2. The molecule has 7 N–H and O–H groups in total. The van der Waals surface area contributed by atoms with Crippen LogP contribution in [0.3, 0.4) is 0 Å². The SMILES string of the molecule is CC1(C)C(/C=C/C=C2/N(CCCS(=O)(=O)O)c3ccc(S(=O)(=O)O)cc3C2(C)CCCS(=O)(=O)O)=[N+](CCCS(=O)(=O)O)c2cc(C(=O)NC3CCNCC3)cc(C(=O)OCCCS(=O)(=O)O)c21. The van der Waals surface area contributed by atoms with E-state index < -0.39 is 108 Å². The lowest BCUT2D eigenvalue weighted by Gasteiger charge is -2.30. The van der Waals surface area contributed by atoms with Gasteiger partial charge in [-0.1, -0.05) is 6.08 Å². The number of carbonyl (C=O) groups excluding carboxylic acids is 2. The van der Waals surface area contributed by atoms with Crippen molar-refractivity contribution >= 4 is 79.6 Å². The van der Waals surface area contributed by atoms with Crippen LogP contribution >= 0.6 is 0 Å². The summed E-state index contributed by atoms with van der Waals surface area (Å²) in [7, 11) is -22.6. The van der Waals surface area contributed by atoms with Gasteiger partial charge in [0.25, 0.3) is 56.5 Å². The molecule has 2 aromatic carbocycles. The van der Waals surface area contributed by atoms with Crippen LogP contribution in [0.1, 0.15) is 97.6 Å². The predicted molar refractivity (Wildman–Crippen MR) is 250 cm³/mol. The first-order valence-corrected chi connectivity index (χ1v) is 29.3. The minimum atomic E-state index is -4.78. The number of carbonyl (C=O) groups is 2. The van der Waals surface area contributed by atoms with Crippen LogP contribution in [0.2, 0.25) is 0 Å². The van der Waals surface area contributed by atoms with Gasteiger partial charge in [0.15, 0.2) is 5.71 Å². The Hall–Kier alpha value is -4.16. The largest absolute Gasteiger partial charge is 0.462 e. The summed E-state index contributed by atoms with van der Waals surface area (Å²) >= 11 is 0. The first-order valence-electron chi connectivity index (χ1n) is 21.4. The number of ether oxygens (including phenoxy) is 1. The van der Waals surface area contributed by atoms with Crippen LogP contribution in [0.4, 0.5) is 11.4 Å². The molecule has 22 nitrogen and oxygen atoms in total. The van der Waals surface area contributed by atoms with Gasteiger partial charge in [-0.25, -0.2) is 4.79 Å². The predicted octanol–water partition coefficient (Wildman–Crippen LogP) is 2.67. The number of hydrogen-bond donors (Lipinski definition) is 7. The van der Waals surface area contributed by atoms with Gasteiger partial charge >= 0.3 is 5.97 Å². The minimum Gasteiger partial charge on any atom is -0.462 e. The Morgan fingerprint density at radius 1 is 0.809 bits per heavy atom. The maximum Gasteiger partial charge on any atom is 0.338 e. The van der Waals surface area contributed by atoms with E-state index in [1.165, 1.54) is 24.3 Å². The van der Waals surface area contributed by atoms with E-state index in [4.69, 9.17) is 4.74 Å². The van der Waals surface area contributed by atoms with Gasteiger partial charge in [-0.3, -0.25) is 27.6 Å². The van der Waals surface area contributed by atoms with E-state index in [0.29, 0.717) is 48.6 Å². The molecule has 68 heavy (non-hydrogen) atoms. The number of anilines is 1. The lowest BCUT2D eigenvalue weighted by Crippen LogP contribution is -2.42. The van der Waals surface area contributed by atoms with Gasteiger partial charge in [0.1, 0.15) is 6.54 Å². The zero-order valence-corrected chi connectivity index (χ0v) is 41.6. The number of hydrogen-bond acceptors (Lipinski definition) is 15. The molecule has 2 aromatic rings. The summed E-state index contributed by atoms with van der Waals surface area (Å²) < 4.78 is 174. The van der Waals surface area contributed by atoms with E-state index in [-0.39, 0.29) is 73.6 Å². The monoisotopic (exact) mass is 1050 g/mol. The Morgan fingerprint density at radius 2 is 1.40 bits per heavy atom. The average molecular weight is 1050 g/mol. The molecule has 27 heteroatoms. The van der Waals surface area contributed by atoms with Crippen LogP contribution in [0.15, 0.2) is 59.2 Å². The van der Waals surface area contributed by atoms with Crippen molar-refractivity contribution in [3.8, 4) is 0 Å². The third-order valence-corrected chi connectivity index (χ3v) is 16.1. The Balaban J connectivity index is 1.70. The molecule has 1 unspecified atom stereocenters. The first kappa shape index (κ1) is 54.8. The van der Waals surface area contributed by atoms with Gasteiger partial charge in [-0.05, 0) is 108 Å². The fourth-order valence-electron chi connectivity index (χ4n) is 8.99. The molecular weight excluding hydrogens is 997 g/mol. The van der Waals surface area contributed by atoms with E-state index in [0.717, 1.165) is 6.07 Å². The van der Waals surface area contributed by atoms with Gasteiger partial charge in [-0.15, -0.1) is 0 Å². The van der Waals surface area contributed by atoms with Crippen LogP contribution in [0, 0.1) is 0 Å². The molecule has 1 fully saturated rings. The third kappa shape index (κ3) is 14.2. The Kier molecular flexibility index (Phi) is 17.0. The standard InChI is InChI=1S/C41H56N4O18S5/c1-40(2)35(9-4-10-36-41(3,15-5-21-64(48,49)50)32-27-30(68(60,61)62)11-12-33(32)44(36)18-6-22-65(51,52)53)45(19-7-23-66(54,55)56)34-26-28(38(46)43-29-13-16-42-17-14-29)25-31(37(34)40)39(47)63-20-8-24-67(57,58)59/h4,9-12,25-27,29,42H,5-8,13-24H2,1-3H3,(H5-,43,46,48,49,50,51,52,53,54,55,56,57,58,59,60,61,62)/p+1. The van der Waals surface area contributed by atoms with E-state index in [2.05, 4.69) is 10.6 Å². The first-order chi connectivity index (χ1) is 31.3. The van der Waals surface area contributed by atoms with Crippen molar-refractivity contribution in [3.63, 3.8) is 0 Å². The van der Waals surface area contributed by atoms with Gasteiger partial charge in [0, 0.05) is 53.5 Å². The summed E-state index contributed by atoms with van der Waals surface area (Å²) in [5.74, 6) is -4.22. The van der Waals surface area contributed by atoms with Crippen LogP contribution in [-0.2, 0) is 66.2 Å². The molecular formula is C41H57N4O18S5+. The summed E-state index contributed by atoms with van der Waals surface area (Å²) in [6.45, 7) is 5.79. The maximum atomic E-state index is 14.0. The molecule has 0 saturated carbocycles. The zero-order chi connectivity index (χ0) is 50.7. The topological polar surface area (TPSA) is 346 Å². The molecule has 3 heterocycles. The number of piperidine rings is 1. The molecule has 378 valence electrons. The van der Waals surface area contributed by atoms with Gasteiger partial charge < -0.3 is 20.3 Å². The quantitative estimate of drug-likeness (QED) is 0.0386. The number of allylic oxidation sites excluding steroid dienone is 4. The van der Waals surface area contributed by atoms with Crippen LogP contribution < -0.4 is 15.5 Å².